The van der Waals surface area contributed by atoms with E-state index in [0.717, 1.165) is 5.92 Å². The summed E-state index contributed by atoms with van der Waals surface area (Å²) in [6, 6.07) is 0. The number of rotatable bonds is 1. The van der Waals surface area contributed by atoms with Gasteiger partial charge in [0, 0.05) is 5.41 Å². The lowest BCUT2D eigenvalue weighted by molar-refractivity contribution is 0.755. The third-order valence-corrected chi connectivity index (χ3v) is 2.74. The van der Waals surface area contributed by atoms with Crippen molar-refractivity contribution in [2.45, 2.75) is 13.3 Å². The molecule has 2 rings (SSSR count). The van der Waals surface area contributed by atoms with E-state index in [9.17, 15) is 0 Å². The van der Waals surface area contributed by atoms with Crippen LogP contribution < -0.4 is 0 Å². The zero-order valence-electron chi connectivity index (χ0n) is 6.30. The quantitative estimate of drug-likeness (QED) is 0.481. The van der Waals surface area contributed by atoms with E-state index in [1.54, 1.807) is 0 Å². The Balaban J connectivity index is 2.34. The predicted octanol–water partition coefficient (Wildman–Crippen LogP) is 2.69. The highest BCUT2D eigenvalue weighted by Crippen LogP contribution is 2.59. The van der Waals surface area contributed by atoms with Crippen molar-refractivity contribution in [1.29, 1.82) is 0 Å². The first-order chi connectivity index (χ1) is 4.78. The Morgan fingerprint density at radius 1 is 1.80 bits per heavy atom. The van der Waals surface area contributed by atoms with Crippen LogP contribution in [-0.2, 0) is 0 Å². The molecule has 0 saturated heterocycles. The van der Waals surface area contributed by atoms with Crippen LogP contribution in [0.4, 0.5) is 0 Å². The fourth-order valence-electron chi connectivity index (χ4n) is 1.85. The topological polar surface area (TPSA) is 0 Å². The van der Waals surface area contributed by atoms with E-state index in [4.69, 9.17) is 0 Å². The molecule has 0 nitrogen and oxygen atoms in total. The fourth-order valence-corrected chi connectivity index (χ4v) is 1.85. The summed E-state index contributed by atoms with van der Waals surface area (Å²) in [5.41, 5.74) is 1.89. The van der Waals surface area contributed by atoms with Gasteiger partial charge in [0.05, 0.1) is 0 Å². The first-order valence-electron chi connectivity index (χ1n) is 3.78. The molecule has 0 spiro atoms. The highest BCUT2D eigenvalue weighted by molar-refractivity contribution is 5.38. The molecule has 1 saturated carbocycles. The van der Waals surface area contributed by atoms with Crippen molar-refractivity contribution < 1.29 is 0 Å². The molecular formula is C10H12. The number of allylic oxidation sites excluding steroid dienone is 5. The van der Waals surface area contributed by atoms with Gasteiger partial charge < -0.3 is 0 Å². The van der Waals surface area contributed by atoms with Crippen LogP contribution in [0.15, 0.2) is 36.5 Å². The lowest BCUT2D eigenvalue weighted by Crippen LogP contribution is -1.98. The smallest absolute Gasteiger partial charge is 0.0133 e. The summed E-state index contributed by atoms with van der Waals surface area (Å²) in [5, 5.41) is 0. The van der Waals surface area contributed by atoms with E-state index in [1.165, 1.54) is 12.0 Å². The van der Waals surface area contributed by atoms with Gasteiger partial charge in [0.2, 0.25) is 0 Å². The summed E-state index contributed by atoms with van der Waals surface area (Å²) in [7, 11) is 0. The highest BCUT2D eigenvalue weighted by Gasteiger charge is 2.51. The van der Waals surface area contributed by atoms with Crippen molar-refractivity contribution in [1.82, 2.24) is 0 Å². The molecule has 2 aliphatic rings. The summed E-state index contributed by atoms with van der Waals surface area (Å²) < 4.78 is 0. The van der Waals surface area contributed by atoms with Gasteiger partial charge >= 0.3 is 0 Å². The molecule has 2 aliphatic carbocycles. The normalized spacial score (nSPS) is 42.1. The van der Waals surface area contributed by atoms with Gasteiger partial charge in [-0.25, -0.2) is 0 Å². The number of hydrogen-bond donors (Lipinski definition) is 0. The zero-order chi connectivity index (χ0) is 7.19. The van der Waals surface area contributed by atoms with Crippen LogP contribution in [0.1, 0.15) is 13.3 Å². The van der Waals surface area contributed by atoms with Crippen molar-refractivity contribution in [3.8, 4) is 0 Å². The van der Waals surface area contributed by atoms with Crippen molar-refractivity contribution >= 4 is 0 Å². The molecule has 2 unspecified atom stereocenters. The SMILES string of the molecule is C=CC12C=CC=C(C)C1C2. The molecule has 0 N–H and O–H groups in total. The molecule has 0 bridgehead atoms. The van der Waals surface area contributed by atoms with E-state index in [2.05, 4.69) is 37.8 Å². The maximum absolute atomic E-state index is 3.85. The Morgan fingerprint density at radius 2 is 2.60 bits per heavy atom. The minimum atomic E-state index is 0.374. The molecule has 0 aliphatic heterocycles. The predicted molar refractivity (Wildman–Crippen MR) is 43.6 cm³/mol. The molecule has 0 amide bonds. The Hall–Kier alpha value is -0.780. The van der Waals surface area contributed by atoms with Crippen LogP contribution in [0.25, 0.3) is 0 Å². The minimum Gasteiger partial charge on any atom is -0.102 e. The molecule has 0 aromatic rings. The van der Waals surface area contributed by atoms with E-state index in [0.29, 0.717) is 5.41 Å². The summed E-state index contributed by atoms with van der Waals surface area (Å²) in [6.07, 6.45) is 10.0. The van der Waals surface area contributed by atoms with Gasteiger partial charge in [-0.2, -0.15) is 0 Å². The van der Waals surface area contributed by atoms with Gasteiger partial charge in [-0.15, -0.1) is 6.58 Å². The summed E-state index contributed by atoms with van der Waals surface area (Å²) in [6.45, 7) is 6.06. The lowest BCUT2D eigenvalue weighted by Gasteiger charge is -2.09. The highest BCUT2D eigenvalue weighted by atomic mass is 14.5. The van der Waals surface area contributed by atoms with Crippen molar-refractivity contribution in [3.05, 3.63) is 36.5 Å². The minimum absolute atomic E-state index is 0.374. The molecule has 2 atom stereocenters. The van der Waals surface area contributed by atoms with Crippen molar-refractivity contribution in [2.75, 3.05) is 0 Å². The zero-order valence-corrected chi connectivity index (χ0v) is 6.30. The van der Waals surface area contributed by atoms with E-state index in [1.807, 2.05) is 0 Å². The standard InChI is InChI=1S/C10H12/c1-3-10-6-4-5-8(2)9(10)7-10/h3-6,9H,1,7H2,2H3. The summed E-state index contributed by atoms with van der Waals surface area (Å²) in [4.78, 5) is 0. The Kier molecular flexibility index (Phi) is 0.971. The maximum Gasteiger partial charge on any atom is 0.0133 e. The second-order valence-electron chi connectivity index (χ2n) is 3.34. The van der Waals surface area contributed by atoms with Crippen LogP contribution >= 0.6 is 0 Å². The van der Waals surface area contributed by atoms with Gasteiger partial charge in [0.1, 0.15) is 0 Å². The van der Waals surface area contributed by atoms with Gasteiger partial charge in [-0.05, 0) is 19.3 Å². The van der Waals surface area contributed by atoms with Crippen LogP contribution in [0.2, 0.25) is 0 Å². The number of fused-ring (bicyclic) bond motifs is 1. The Morgan fingerprint density at radius 3 is 3.20 bits per heavy atom. The fraction of sp³-hybridized carbons (Fsp3) is 0.400. The molecule has 0 heteroatoms. The van der Waals surface area contributed by atoms with E-state index >= 15 is 0 Å². The van der Waals surface area contributed by atoms with Crippen LogP contribution in [-0.4, -0.2) is 0 Å². The van der Waals surface area contributed by atoms with Crippen LogP contribution in [0.3, 0.4) is 0 Å². The molecule has 0 aromatic carbocycles. The van der Waals surface area contributed by atoms with Gasteiger partial charge in [-0.1, -0.05) is 29.9 Å². The van der Waals surface area contributed by atoms with Gasteiger partial charge in [-0.3, -0.25) is 0 Å². The van der Waals surface area contributed by atoms with Crippen LogP contribution in [0.5, 0.6) is 0 Å². The Bertz CT molecular complexity index is 232. The third-order valence-electron chi connectivity index (χ3n) is 2.74. The molecule has 0 heterocycles. The Labute approximate surface area is 61.9 Å². The van der Waals surface area contributed by atoms with Gasteiger partial charge in [0.25, 0.3) is 0 Å². The van der Waals surface area contributed by atoms with Crippen molar-refractivity contribution in [3.63, 3.8) is 0 Å². The molecular weight excluding hydrogens is 120 g/mol. The third kappa shape index (κ3) is 0.566. The number of hydrogen-bond acceptors (Lipinski definition) is 0. The maximum atomic E-state index is 3.85. The monoisotopic (exact) mass is 132 g/mol. The second-order valence-corrected chi connectivity index (χ2v) is 3.34. The van der Waals surface area contributed by atoms with Gasteiger partial charge in [0.15, 0.2) is 0 Å². The molecule has 1 fully saturated rings. The second kappa shape index (κ2) is 1.63. The average Bonchev–Trinajstić information content (AvgIpc) is 2.65. The van der Waals surface area contributed by atoms with Crippen LogP contribution in [0, 0.1) is 11.3 Å². The van der Waals surface area contributed by atoms with E-state index in [-0.39, 0.29) is 0 Å². The molecule has 0 aromatic heterocycles. The first-order valence-corrected chi connectivity index (χ1v) is 3.78. The lowest BCUT2D eigenvalue weighted by atomic mass is 9.95. The molecule has 10 heavy (non-hydrogen) atoms. The first kappa shape index (κ1) is 5.96. The summed E-state index contributed by atoms with van der Waals surface area (Å²) >= 11 is 0. The molecule has 0 radical (unpaired) electrons. The van der Waals surface area contributed by atoms with Crippen molar-refractivity contribution in [2.24, 2.45) is 11.3 Å². The molecule has 52 valence electrons. The largest absolute Gasteiger partial charge is 0.102 e. The average molecular weight is 132 g/mol. The summed E-state index contributed by atoms with van der Waals surface area (Å²) in [5.74, 6) is 0.787. The van der Waals surface area contributed by atoms with E-state index < -0.39 is 0 Å².